The van der Waals surface area contributed by atoms with Crippen LogP contribution in [0.2, 0.25) is 0 Å². The van der Waals surface area contributed by atoms with Crippen molar-refractivity contribution in [1.82, 2.24) is 14.3 Å². The number of hydrogen-bond acceptors (Lipinski definition) is 3. The van der Waals surface area contributed by atoms with Gasteiger partial charge in [0.25, 0.3) is 0 Å². The van der Waals surface area contributed by atoms with Gasteiger partial charge in [-0.3, -0.25) is 4.90 Å². The molecule has 2 N–H and O–H groups in total. The normalized spacial score (nSPS) is 11.3. The fourth-order valence-electron chi connectivity index (χ4n) is 2.36. The van der Waals surface area contributed by atoms with E-state index in [-0.39, 0.29) is 0 Å². The van der Waals surface area contributed by atoms with Crippen molar-refractivity contribution < 1.29 is 0 Å². The first-order chi connectivity index (χ1) is 9.72. The molecule has 1 aromatic carbocycles. The van der Waals surface area contributed by atoms with Crippen LogP contribution in [-0.4, -0.2) is 21.3 Å². The molecule has 2 heterocycles. The molecule has 4 heteroatoms. The Labute approximate surface area is 118 Å². The molecular weight excluding hydrogens is 248 g/mol. The van der Waals surface area contributed by atoms with Crippen LogP contribution in [0.15, 0.2) is 54.9 Å². The number of aromatic nitrogens is 2. The van der Waals surface area contributed by atoms with E-state index >= 15 is 0 Å². The molecule has 3 aromatic rings. The molecule has 0 amide bonds. The first-order valence-corrected chi connectivity index (χ1v) is 6.67. The van der Waals surface area contributed by atoms with Gasteiger partial charge < -0.3 is 10.1 Å². The zero-order valence-corrected chi connectivity index (χ0v) is 11.5. The number of imidazole rings is 1. The minimum absolute atomic E-state index is 0.802. The molecule has 0 atom stereocenters. The second-order valence-electron chi connectivity index (χ2n) is 5.07. The van der Waals surface area contributed by atoms with Gasteiger partial charge in [0.2, 0.25) is 0 Å². The van der Waals surface area contributed by atoms with Gasteiger partial charge in [-0.2, -0.15) is 0 Å². The number of hydrogen-bond donors (Lipinski definition) is 1. The summed E-state index contributed by atoms with van der Waals surface area (Å²) in [7, 11) is 2.08. The van der Waals surface area contributed by atoms with E-state index in [1.807, 2.05) is 47.0 Å². The standard InChI is InChI=1S/C16H18N4/c1-19(10-13-6-2-3-7-15(13)17)11-14-12-20-9-5-4-8-16(20)18-14/h2-9,12H,10-11,17H2,1H3. The van der Waals surface area contributed by atoms with Crippen LogP contribution >= 0.6 is 0 Å². The molecule has 2 aromatic heterocycles. The maximum atomic E-state index is 5.98. The Morgan fingerprint density at radius 3 is 2.70 bits per heavy atom. The highest BCUT2D eigenvalue weighted by Gasteiger charge is 2.07. The van der Waals surface area contributed by atoms with E-state index in [0.29, 0.717) is 0 Å². The topological polar surface area (TPSA) is 46.6 Å². The third kappa shape index (κ3) is 2.65. The Bertz CT molecular complexity index is 684. The largest absolute Gasteiger partial charge is 0.398 e. The molecule has 0 unspecified atom stereocenters. The third-order valence-electron chi connectivity index (χ3n) is 3.34. The molecule has 0 saturated heterocycles. The van der Waals surface area contributed by atoms with E-state index in [4.69, 9.17) is 5.73 Å². The number of fused-ring (bicyclic) bond motifs is 1. The number of nitrogens with two attached hydrogens (primary N) is 1. The molecule has 0 saturated carbocycles. The van der Waals surface area contributed by atoms with Crippen LogP contribution in [-0.2, 0) is 13.1 Å². The van der Waals surface area contributed by atoms with Gasteiger partial charge in [-0.15, -0.1) is 0 Å². The molecule has 0 aliphatic heterocycles. The molecule has 20 heavy (non-hydrogen) atoms. The molecule has 0 aliphatic carbocycles. The third-order valence-corrected chi connectivity index (χ3v) is 3.34. The van der Waals surface area contributed by atoms with Gasteiger partial charge in [0.05, 0.1) is 5.69 Å². The Hall–Kier alpha value is -2.33. The fraction of sp³-hybridized carbons (Fsp3) is 0.188. The van der Waals surface area contributed by atoms with Crippen LogP contribution in [0, 0.1) is 0 Å². The lowest BCUT2D eigenvalue weighted by Crippen LogP contribution is -2.18. The molecule has 102 valence electrons. The van der Waals surface area contributed by atoms with Crippen LogP contribution in [0.5, 0.6) is 0 Å². The highest BCUT2D eigenvalue weighted by atomic mass is 15.1. The van der Waals surface area contributed by atoms with Crippen molar-refractivity contribution in [2.75, 3.05) is 12.8 Å². The van der Waals surface area contributed by atoms with E-state index in [1.165, 1.54) is 0 Å². The fourth-order valence-corrected chi connectivity index (χ4v) is 2.36. The minimum atomic E-state index is 0.802. The Morgan fingerprint density at radius 1 is 1.10 bits per heavy atom. The lowest BCUT2D eigenvalue weighted by atomic mass is 10.1. The summed E-state index contributed by atoms with van der Waals surface area (Å²) in [4.78, 5) is 6.82. The van der Waals surface area contributed by atoms with Gasteiger partial charge >= 0.3 is 0 Å². The number of pyridine rings is 1. The molecule has 0 radical (unpaired) electrons. The van der Waals surface area contributed by atoms with E-state index in [1.54, 1.807) is 0 Å². The molecule has 0 bridgehead atoms. The summed E-state index contributed by atoms with van der Waals surface area (Å²) in [6.07, 6.45) is 4.08. The zero-order valence-electron chi connectivity index (χ0n) is 11.5. The van der Waals surface area contributed by atoms with Gasteiger partial charge in [0, 0.05) is 31.2 Å². The maximum absolute atomic E-state index is 5.98. The van der Waals surface area contributed by atoms with Gasteiger partial charge in [-0.05, 0) is 30.8 Å². The van der Waals surface area contributed by atoms with E-state index in [9.17, 15) is 0 Å². The average Bonchev–Trinajstić information content (AvgIpc) is 2.83. The van der Waals surface area contributed by atoms with Crippen LogP contribution in [0.3, 0.4) is 0 Å². The number of benzene rings is 1. The lowest BCUT2D eigenvalue weighted by molar-refractivity contribution is 0.316. The van der Waals surface area contributed by atoms with Gasteiger partial charge in [0.1, 0.15) is 5.65 Å². The van der Waals surface area contributed by atoms with E-state index in [0.717, 1.165) is 35.7 Å². The van der Waals surface area contributed by atoms with Crippen LogP contribution in [0.1, 0.15) is 11.3 Å². The Kier molecular flexibility index (Phi) is 3.39. The molecular formula is C16H18N4. The first kappa shape index (κ1) is 12.7. The van der Waals surface area contributed by atoms with Gasteiger partial charge in [-0.25, -0.2) is 4.98 Å². The number of anilines is 1. The predicted octanol–water partition coefficient (Wildman–Crippen LogP) is 2.55. The summed E-state index contributed by atoms with van der Waals surface area (Å²) >= 11 is 0. The van der Waals surface area contributed by atoms with E-state index in [2.05, 4.69) is 29.2 Å². The van der Waals surface area contributed by atoms with Crippen molar-refractivity contribution in [2.24, 2.45) is 0 Å². The number of rotatable bonds is 4. The number of para-hydroxylation sites is 1. The van der Waals surface area contributed by atoms with Crippen molar-refractivity contribution in [2.45, 2.75) is 13.1 Å². The molecule has 4 nitrogen and oxygen atoms in total. The smallest absolute Gasteiger partial charge is 0.137 e. The number of nitrogen functional groups attached to an aromatic ring is 1. The van der Waals surface area contributed by atoms with Crippen LogP contribution in [0.4, 0.5) is 5.69 Å². The Balaban J connectivity index is 1.72. The molecule has 0 aliphatic rings. The minimum Gasteiger partial charge on any atom is -0.398 e. The van der Waals surface area contributed by atoms with Gasteiger partial charge in [0.15, 0.2) is 0 Å². The van der Waals surface area contributed by atoms with Crippen molar-refractivity contribution in [3.63, 3.8) is 0 Å². The van der Waals surface area contributed by atoms with Gasteiger partial charge in [-0.1, -0.05) is 24.3 Å². The summed E-state index contributed by atoms with van der Waals surface area (Å²) < 4.78 is 2.04. The second kappa shape index (κ2) is 5.35. The van der Waals surface area contributed by atoms with E-state index < -0.39 is 0 Å². The second-order valence-corrected chi connectivity index (χ2v) is 5.07. The summed E-state index contributed by atoms with van der Waals surface area (Å²) in [6, 6.07) is 14.0. The zero-order chi connectivity index (χ0) is 13.9. The van der Waals surface area contributed by atoms with Crippen LogP contribution < -0.4 is 5.73 Å². The Morgan fingerprint density at radius 2 is 1.90 bits per heavy atom. The van der Waals surface area contributed by atoms with Crippen molar-refractivity contribution >= 4 is 11.3 Å². The monoisotopic (exact) mass is 266 g/mol. The van der Waals surface area contributed by atoms with Crippen molar-refractivity contribution in [1.29, 1.82) is 0 Å². The summed E-state index contributed by atoms with van der Waals surface area (Å²) in [5, 5.41) is 0. The van der Waals surface area contributed by atoms with Crippen LogP contribution in [0.25, 0.3) is 5.65 Å². The molecule has 3 rings (SSSR count). The highest BCUT2D eigenvalue weighted by molar-refractivity contribution is 5.46. The highest BCUT2D eigenvalue weighted by Crippen LogP contribution is 2.14. The SMILES string of the molecule is CN(Cc1cn2ccccc2n1)Cc1ccccc1N. The summed E-state index contributed by atoms with van der Waals surface area (Å²) in [6.45, 7) is 1.62. The first-order valence-electron chi connectivity index (χ1n) is 6.67. The van der Waals surface area contributed by atoms with Crippen molar-refractivity contribution in [3.05, 3.63) is 66.1 Å². The number of nitrogens with zero attached hydrogens (tertiary/aromatic N) is 3. The quantitative estimate of drug-likeness (QED) is 0.738. The molecule has 0 fully saturated rings. The summed E-state index contributed by atoms with van der Waals surface area (Å²) in [5.74, 6) is 0. The molecule has 0 spiro atoms. The van der Waals surface area contributed by atoms with Crippen molar-refractivity contribution in [3.8, 4) is 0 Å². The predicted molar refractivity (Wildman–Crippen MR) is 81.2 cm³/mol. The average molecular weight is 266 g/mol. The lowest BCUT2D eigenvalue weighted by Gasteiger charge is -2.16. The summed E-state index contributed by atoms with van der Waals surface area (Å²) in [5.41, 5.74) is 10.0. The maximum Gasteiger partial charge on any atom is 0.137 e.